The van der Waals surface area contributed by atoms with E-state index < -0.39 is 55.6 Å². The molecule has 0 saturated carbocycles. The number of H-pyrrole nitrogens is 1. The molecule has 2 aromatic rings. The number of aromatic nitrogens is 3. The number of aromatic amines is 1. The Morgan fingerprint density at radius 3 is 0.818 bits per heavy atom. The van der Waals surface area contributed by atoms with Gasteiger partial charge in [-0.15, -0.1) is 0 Å². The van der Waals surface area contributed by atoms with Crippen LogP contribution in [0.2, 0.25) is 0 Å². The summed E-state index contributed by atoms with van der Waals surface area (Å²) in [6.07, 6.45) is 0. The molecule has 33 heavy (non-hydrogen) atoms. The molecule has 2 rings (SSSR count). The lowest BCUT2D eigenvalue weighted by molar-refractivity contribution is 0.388. The molecule has 0 unspecified atom stereocenters. The SMILES string of the molecule is O=[Si](O)F.O=[Si](O)F.O=[Si](O)F.O=[Si](O)F.O=[Si](O)F.O=[Si](O)F.c1ccc2n[nH]nc2c1. The van der Waals surface area contributed by atoms with Crippen molar-refractivity contribution in [2.24, 2.45) is 0 Å². The van der Waals surface area contributed by atoms with Crippen molar-refractivity contribution in [2.45, 2.75) is 0 Å². The van der Waals surface area contributed by atoms with Gasteiger partial charge in [-0.1, -0.05) is 12.1 Å². The highest BCUT2D eigenvalue weighted by atomic mass is 28.3. The van der Waals surface area contributed by atoms with Crippen molar-refractivity contribution >= 4 is 66.6 Å². The lowest BCUT2D eigenvalue weighted by Gasteiger charge is -1.78. The summed E-state index contributed by atoms with van der Waals surface area (Å²) in [6.45, 7) is 0. The maximum atomic E-state index is 10.1. The van der Waals surface area contributed by atoms with Crippen LogP contribution in [-0.2, 0) is 26.8 Å². The molecule has 0 atom stereocenters. The highest BCUT2D eigenvalue weighted by Gasteiger charge is 1.91. The van der Waals surface area contributed by atoms with Crippen molar-refractivity contribution in [2.75, 3.05) is 0 Å². The van der Waals surface area contributed by atoms with E-state index in [-0.39, 0.29) is 0 Å². The second-order valence-corrected chi connectivity index (χ2v) is 6.37. The third kappa shape index (κ3) is 107. The predicted molar refractivity (Wildman–Crippen MR) is 92.5 cm³/mol. The molecule has 0 aliphatic heterocycles. The zero-order chi connectivity index (χ0) is 27.6. The summed E-state index contributed by atoms with van der Waals surface area (Å²) in [6, 6.07) is 7.70. The first-order chi connectivity index (χ1) is 14.9. The maximum Gasteiger partial charge on any atom is 0.734 e. The highest BCUT2D eigenvalue weighted by Crippen LogP contribution is 2.03. The Morgan fingerprint density at radius 1 is 0.515 bits per heavy atom. The monoisotopic (exact) mass is 599 g/mol. The summed E-state index contributed by atoms with van der Waals surface area (Å²) >= 11 is 0. The third-order valence-electron chi connectivity index (χ3n) is 1.22. The fraction of sp³-hybridized carbons (Fsp3) is 0. The number of benzene rings is 1. The molecule has 15 nitrogen and oxygen atoms in total. The average molecular weight is 600 g/mol. The van der Waals surface area contributed by atoms with Crippen molar-refractivity contribution in [3.05, 3.63) is 24.3 Å². The fourth-order valence-electron chi connectivity index (χ4n) is 0.786. The molecule has 0 spiro atoms. The molecule has 0 saturated heterocycles. The number of halogens is 6. The first-order valence-corrected chi connectivity index (χ1v) is 13.8. The Hall–Kier alpha value is -2.90. The van der Waals surface area contributed by atoms with Gasteiger partial charge in [0.2, 0.25) is 0 Å². The zero-order valence-corrected chi connectivity index (χ0v) is 21.1. The Morgan fingerprint density at radius 2 is 0.667 bits per heavy atom. The molecule has 0 fully saturated rings. The predicted octanol–water partition coefficient (Wildman–Crippen LogP) is -2.86. The number of hydrogen-bond donors (Lipinski definition) is 7. The van der Waals surface area contributed by atoms with E-state index in [2.05, 4.69) is 15.4 Å². The van der Waals surface area contributed by atoms with Gasteiger partial charge in [0.25, 0.3) is 0 Å². The molecule has 0 radical (unpaired) electrons. The van der Waals surface area contributed by atoms with E-state index in [1.165, 1.54) is 0 Å². The van der Waals surface area contributed by atoms with Crippen LogP contribution >= 0.6 is 0 Å². The lowest BCUT2D eigenvalue weighted by atomic mass is 10.3. The minimum Gasteiger partial charge on any atom is -0.517 e. The van der Waals surface area contributed by atoms with Crippen molar-refractivity contribution < 1.29 is 80.2 Å². The molecule has 1 aromatic carbocycles. The van der Waals surface area contributed by atoms with Crippen LogP contribution in [0.1, 0.15) is 0 Å². The molecule has 27 heteroatoms. The maximum absolute atomic E-state index is 10.1. The lowest BCUT2D eigenvalue weighted by Crippen LogP contribution is -1.79. The quantitative estimate of drug-likeness (QED) is 0.0912. The second kappa shape index (κ2) is 29.1. The van der Waals surface area contributed by atoms with Gasteiger partial charge in [0.15, 0.2) is 0 Å². The minimum atomic E-state index is -3.63. The summed E-state index contributed by atoms with van der Waals surface area (Å²) in [4.78, 5) is 41.6. The molecule has 7 N–H and O–H groups in total. The van der Waals surface area contributed by atoms with Crippen molar-refractivity contribution in [3.8, 4) is 0 Å². The van der Waals surface area contributed by atoms with Crippen LogP contribution < -0.4 is 0 Å². The molecular formula is C6H11F6N3O12Si6. The highest BCUT2D eigenvalue weighted by molar-refractivity contribution is 6.24. The first kappa shape index (κ1) is 40.5. The third-order valence-corrected chi connectivity index (χ3v) is 1.22. The van der Waals surface area contributed by atoms with Gasteiger partial charge < -0.3 is 28.8 Å². The molecule has 1 heterocycles. The Kier molecular flexibility index (Phi) is 35.7. The van der Waals surface area contributed by atoms with E-state index in [0.717, 1.165) is 11.0 Å². The largest absolute Gasteiger partial charge is 0.734 e. The van der Waals surface area contributed by atoms with Gasteiger partial charge in [0, 0.05) is 0 Å². The zero-order valence-electron chi connectivity index (χ0n) is 15.1. The van der Waals surface area contributed by atoms with Gasteiger partial charge in [-0.2, -0.15) is 40.1 Å². The van der Waals surface area contributed by atoms with E-state index >= 15 is 0 Å². The van der Waals surface area contributed by atoms with Crippen LogP contribution in [0.25, 0.3) is 11.0 Å². The number of nitrogens with zero attached hydrogens (tertiary/aromatic N) is 2. The van der Waals surface area contributed by atoms with Gasteiger partial charge in [-0.3, -0.25) is 26.8 Å². The minimum absolute atomic E-state index is 0.914. The molecule has 0 amide bonds. The van der Waals surface area contributed by atoms with E-state index in [1.54, 1.807) is 0 Å². The van der Waals surface area contributed by atoms with Crippen LogP contribution in [0.3, 0.4) is 0 Å². The van der Waals surface area contributed by atoms with Crippen LogP contribution in [0.15, 0.2) is 24.3 Å². The summed E-state index contributed by atoms with van der Waals surface area (Å²) in [5.74, 6) is 0. The number of nitrogens with one attached hydrogen (secondary N) is 1. The topological polar surface area (TPSA) is 265 Å². The van der Waals surface area contributed by atoms with Gasteiger partial charge >= 0.3 is 55.6 Å². The van der Waals surface area contributed by atoms with E-state index in [4.69, 9.17) is 55.5 Å². The molecule has 0 aliphatic rings. The summed E-state index contributed by atoms with van der Waals surface area (Å²) in [5.41, 5.74) is 1.83. The Balaban J connectivity index is -0.0000000968. The summed E-state index contributed by atoms with van der Waals surface area (Å²) in [5, 5.41) is 10.3. The van der Waals surface area contributed by atoms with Gasteiger partial charge in [-0.05, 0) is 12.1 Å². The van der Waals surface area contributed by atoms with Gasteiger partial charge in [0.05, 0.1) is 0 Å². The molecule has 1 aromatic heterocycles. The van der Waals surface area contributed by atoms with Gasteiger partial charge in [0.1, 0.15) is 11.0 Å². The van der Waals surface area contributed by atoms with E-state index in [0.29, 0.717) is 0 Å². The second-order valence-electron chi connectivity index (χ2n) is 3.33. The molecular weight excluding hydrogens is 589 g/mol. The molecule has 188 valence electrons. The standard InChI is InChI=1S/C6H5N3.6FHO2Si/c1-2-4-6-5(3-1)7-9-8-6;6*1-4(2)3/h1-4H,(H,7,8,9);6*2H. The molecule has 0 aliphatic carbocycles. The number of para-hydroxylation sites is 2. The number of fused-ring (bicyclic) bond motifs is 1. The van der Waals surface area contributed by atoms with Gasteiger partial charge in [-0.25, -0.2) is 0 Å². The smallest absolute Gasteiger partial charge is 0.517 e. The fourth-order valence-corrected chi connectivity index (χ4v) is 0.786. The van der Waals surface area contributed by atoms with E-state index in [1.807, 2.05) is 24.3 Å². The Bertz CT molecular complexity index is 715. The van der Waals surface area contributed by atoms with Crippen LogP contribution in [0, 0.1) is 0 Å². The van der Waals surface area contributed by atoms with Crippen molar-refractivity contribution in [1.82, 2.24) is 15.4 Å². The normalized spacial score (nSPS) is 7.33. The summed E-state index contributed by atoms with van der Waals surface area (Å²) in [7, 11) is -21.8. The molecule has 0 bridgehead atoms. The van der Waals surface area contributed by atoms with Crippen LogP contribution in [0.5, 0.6) is 0 Å². The van der Waals surface area contributed by atoms with Crippen molar-refractivity contribution in [3.63, 3.8) is 0 Å². The van der Waals surface area contributed by atoms with Crippen LogP contribution in [0.4, 0.5) is 24.6 Å². The first-order valence-electron chi connectivity index (χ1n) is 6.42. The number of hydrogen-bond acceptors (Lipinski definition) is 8. The Labute approximate surface area is 187 Å². The average Bonchev–Trinajstić information content (AvgIpc) is 3.00. The van der Waals surface area contributed by atoms with Crippen molar-refractivity contribution in [1.29, 1.82) is 0 Å². The van der Waals surface area contributed by atoms with E-state index in [9.17, 15) is 24.6 Å². The van der Waals surface area contributed by atoms with Crippen LogP contribution in [-0.4, -0.2) is 99.7 Å². The number of rotatable bonds is 0. The summed E-state index contributed by atoms with van der Waals surface area (Å²) < 4.78 is 112.